The maximum Gasteiger partial charge on any atom is 0.153 e. The summed E-state index contributed by atoms with van der Waals surface area (Å²) in [5.74, 6) is 1.70. The van der Waals surface area contributed by atoms with E-state index in [0.29, 0.717) is 17.3 Å². The van der Waals surface area contributed by atoms with Gasteiger partial charge in [-0.05, 0) is 48.7 Å². The minimum absolute atomic E-state index is 0.236. The zero-order valence-electron chi connectivity index (χ0n) is 12.9. The number of aromatic amines is 1. The number of nitrogens with zero attached hydrogens (tertiary/aromatic N) is 1. The van der Waals surface area contributed by atoms with Crippen LogP contribution in [-0.4, -0.2) is 9.97 Å². The standard InChI is InChI=1S/C18H19FN2O/c1-11(2)13-4-7-15(8-5-13)22-12(3)18-20-16-9-6-14(19)10-17(16)21-18/h4-12H,1-3H3,(H,20,21)/t12-/m1/s1. The molecule has 4 heteroatoms. The van der Waals surface area contributed by atoms with Gasteiger partial charge in [-0.2, -0.15) is 0 Å². The van der Waals surface area contributed by atoms with Crippen molar-refractivity contribution in [3.05, 3.63) is 59.7 Å². The first-order chi connectivity index (χ1) is 10.5. The second-order valence-electron chi connectivity index (χ2n) is 5.77. The lowest BCUT2D eigenvalue weighted by atomic mass is 10.0. The summed E-state index contributed by atoms with van der Waals surface area (Å²) < 4.78 is 19.1. The number of rotatable bonds is 4. The van der Waals surface area contributed by atoms with Crippen molar-refractivity contribution in [1.82, 2.24) is 9.97 Å². The average molecular weight is 298 g/mol. The van der Waals surface area contributed by atoms with Crippen molar-refractivity contribution in [2.75, 3.05) is 0 Å². The molecule has 0 fully saturated rings. The summed E-state index contributed by atoms with van der Waals surface area (Å²) >= 11 is 0. The van der Waals surface area contributed by atoms with E-state index in [0.717, 1.165) is 11.3 Å². The van der Waals surface area contributed by atoms with Crippen molar-refractivity contribution < 1.29 is 9.13 Å². The normalized spacial score (nSPS) is 12.8. The van der Waals surface area contributed by atoms with Gasteiger partial charge in [0.15, 0.2) is 6.10 Å². The number of nitrogens with one attached hydrogen (secondary N) is 1. The van der Waals surface area contributed by atoms with Gasteiger partial charge >= 0.3 is 0 Å². The topological polar surface area (TPSA) is 37.9 Å². The van der Waals surface area contributed by atoms with E-state index in [-0.39, 0.29) is 11.9 Å². The van der Waals surface area contributed by atoms with Gasteiger partial charge in [0.25, 0.3) is 0 Å². The van der Waals surface area contributed by atoms with Crippen LogP contribution in [0, 0.1) is 5.82 Å². The fourth-order valence-corrected chi connectivity index (χ4v) is 2.39. The number of H-pyrrole nitrogens is 1. The van der Waals surface area contributed by atoms with E-state index in [1.807, 2.05) is 19.1 Å². The summed E-state index contributed by atoms with van der Waals surface area (Å²) in [6, 6.07) is 12.6. The number of fused-ring (bicyclic) bond motifs is 1. The molecule has 2 aromatic carbocycles. The minimum atomic E-state index is -0.277. The molecule has 3 rings (SSSR count). The van der Waals surface area contributed by atoms with Gasteiger partial charge in [-0.1, -0.05) is 26.0 Å². The Kier molecular flexibility index (Phi) is 3.84. The predicted molar refractivity (Wildman–Crippen MR) is 85.6 cm³/mol. The molecule has 0 saturated heterocycles. The first kappa shape index (κ1) is 14.6. The molecule has 0 aliphatic carbocycles. The molecule has 0 aliphatic heterocycles. The number of aromatic nitrogens is 2. The SMILES string of the molecule is CC(C)c1ccc(O[C@H](C)c2nc3ccc(F)cc3[nH]2)cc1. The highest BCUT2D eigenvalue weighted by atomic mass is 19.1. The van der Waals surface area contributed by atoms with Crippen LogP contribution in [0.4, 0.5) is 4.39 Å². The molecule has 114 valence electrons. The molecular weight excluding hydrogens is 279 g/mol. The van der Waals surface area contributed by atoms with Crippen LogP contribution in [0.5, 0.6) is 5.75 Å². The van der Waals surface area contributed by atoms with Gasteiger partial charge in [0.2, 0.25) is 0 Å². The molecule has 1 heterocycles. The van der Waals surface area contributed by atoms with Crippen LogP contribution in [-0.2, 0) is 0 Å². The molecule has 0 radical (unpaired) electrons. The lowest BCUT2D eigenvalue weighted by molar-refractivity contribution is 0.218. The first-order valence-corrected chi connectivity index (χ1v) is 7.44. The van der Waals surface area contributed by atoms with Gasteiger partial charge in [0.1, 0.15) is 17.4 Å². The van der Waals surface area contributed by atoms with Crippen molar-refractivity contribution in [1.29, 1.82) is 0 Å². The number of hydrogen-bond acceptors (Lipinski definition) is 2. The third-order valence-corrected chi connectivity index (χ3v) is 3.71. The van der Waals surface area contributed by atoms with E-state index in [9.17, 15) is 4.39 Å². The van der Waals surface area contributed by atoms with E-state index in [1.54, 1.807) is 6.07 Å². The van der Waals surface area contributed by atoms with E-state index in [1.165, 1.54) is 17.7 Å². The smallest absolute Gasteiger partial charge is 0.153 e. The van der Waals surface area contributed by atoms with E-state index < -0.39 is 0 Å². The third-order valence-electron chi connectivity index (χ3n) is 3.71. The Hall–Kier alpha value is -2.36. The van der Waals surface area contributed by atoms with E-state index in [2.05, 4.69) is 35.9 Å². The van der Waals surface area contributed by atoms with Crippen molar-refractivity contribution in [2.45, 2.75) is 32.8 Å². The molecule has 0 unspecified atom stereocenters. The highest BCUT2D eigenvalue weighted by molar-refractivity contribution is 5.75. The fourth-order valence-electron chi connectivity index (χ4n) is 2.39. The van der Waals surface area contributed by atoms with Gasteiger partial charge < -0.3 is 9.72 Å². The number of halogens is 1. The Morgan fingerprint density at radius 1 is 1.05 bits per heavy atom. The Labute approximate surface area is 129 Å². The van der Waals surface area contributed by atoms with Crippen LogP contribution in [0.15, 0.2) is 42.5 Å². The van der Waals surface area contributed by atoms with Gasteiger partial charge in [-0.15, -0.1) is 0 Å². The first-order valence-electron chi connectivity index (χ1n) is 7.44. The molecule has 1 aromatic heterocycles. The zero-order valence-corrected chi connectivity index (χ0v) is 12.9. The maximum absolute atomic E-state index is 13.2. The Balaban J connectivity index is 1.78. The molecule has 3 nitrogen and oxygen atoms in total. The molecule has 0 saturated carbocycles. The summed E-state index contributed by atoms with van der Waals surface area (Å²) in [5.41, 5.74) is 2.70. The quantitative estimate of drug-likeness (QED) is 0.738. The van der Waals surface area contributed by atoms with Gasteiger partial charge in [-0.3, -0.25) is 0 Å². The summed E-state index contributed by atoms with van der Waals surface area (Å²) in [4.78, 5) is 7.56. The van der Waals surface area contributed by atoms with Crippen LogP contribution in [0.3, 0.4) is 0 Å². The van der Waals surface area contributed by atoms with Crippen molar-refractivity contribution in [3.63, 3.8) is 0 Å². The molecule has 22 heavy (non-hydrogen) atoms. The van der Waals surface area contributed by atoms with Crippen molar-refractivity contribution in [2.24, 2.45) is 0 Å². The minimum Gasteiger partial charge on any atom is -0.483 e. The molecule has 0 bridgehead atoms. The zero-order chi connectivity index (χ0) is 15.7. The molecule has 1 N–H and O–H groups in total. The summed E-state index contributed by atoms with van der Waals surface area (Å²) in [5, 5.41) is 0. The van der Waals surface area contributed by atoms with Crippen LogP contribution in [0.1, 0.15) is 44.2 Å². The monoisotopic (exact) mass is 298 g/mol. The molecule has 3 aromatic rings. The highest BCUT2D eigenvalue weighted by Gasteiger charge is 2.13. The largest absolute Gasteiger partial charge is 0.483 e. The summed E-state index contributed by atoms with van der Waals surface area (Å²) in [6.45, 7) is 6.24. The fraction of sp³-hybridized carbons (Fsp3) is 0.278. The predicted octanol–water partition coefficient (Wildman–Crippen LogP) is 4.97. The van der Waals surface area contributed by atoms with E-state index >= 15 is 0 Å². The highest BCUT2D eigenvalue weighted by Crippen LogP contribution is 2.24. The Morgan fingerprint density at radius 3 is 2.45 bits per heavy atom. The van der Waals surface area contributed by atoms with Gasteiger partial charge in [0.05, 0.1) is 11.0 Å². The third kappa shape index (κ3) is 2.96. The Morgan fingerprint density at radius 2 is 1.77 bits per heavy atom. The van der Waals surface area contributed by atoms with Crippen LogP contribution in [0.2, 0.25) is 0 Å². The average Bonchev–Trinajstić information content (AvgIpc) is 2.91. The molecule has 1 atom stereocenters. The van der Waals surface area contributed by atoms with Crippen molar-refractivity contribution >= 4 is 11.0 Å². The van der Waals surface area contributed by atoms with Crippen LogP contribution < -0.4 is 4.74 Å². The van der Waals surface area contributed by atoms with E-state index in [4.69, 9.17) is 4.74 Å². The molecular formula is C18H19FN2O. The lowest BCUT2D eigenvalue weighted by Crippen LogP contribution is -2.05. The summed E-state index contributed by atoms with van der Waals surface area (Å²) in [7, 11) is 0. The number of ether oxygens (including phenoxy) is 1. The molecule has 0 aliphatic rings. The van der Waals surface area contributed by atoms with Gasteiger partial charge in [0, 0.05) is 0 Å². The number of imidazole rings is 1. The number of hydrogen-bond donors (Lipinski definition) is 1. The lowest BCUT2D eigenvalue weighted by Gasteiger charge is -2.13. The second-order valence-corrected chi connectivity index (χ2v) is 5.77. The number of benzene rings is 2. The van der Waals surface area contributed by atoms with Crippen LogP contribution >= 0.6 is 0 Å². The van der Waals surface area contributed by atoms with Crippen molar-refractivity contribution in [3.8, 4) is 5.75 Å². The van der Waals surface area contributed by atoms with Crippen LogP contribution in [0.25, 0.3) is 11.0 Å². The Bertz CT molecular complexity index is 777. The maximum atomic E-state index is 13.2. The summed E-state index contributed by atoms with van der Waals surface area (Å²) in [6.07, 6.45) is -0.236. The molecule has 0 spiro atoms. The second kappa shape index (κ2) is 5.79. The molecule has 0 amide bonds. The van der Waals surface area contributed by atoms with Gasteiger partial charge in [-0.25, -0.2) is 9.37 Å².